The average Bonchev–Trinajstić information content (AvgIpc) is 2.90. The first kappa shape index (κ1) is 36.3. The van der Waals surface area contributed by atoms with Gasteiger partial charge in [0.15, 0.2) is 17.5 Å². The summed E-state index contributed by atoms with van der Waals surface area (Å²) in [5, 5.41) is 20.5. The van der Waals surface area contributed by atoms with E-state index in [2.05, 4.69) is 4.98 Å². The summed E-state index contributed by atoms with van der Waals surface area (Å²) in [4.78, 5) is 65.6. The van der Waals surface area contributed by atoms with Crippen molar-refractivity contribution in [1.82, 2.24) is 18.7 Å². The van der Waals surface area contributed by atoms with Crippen LogP contribution in [0.4, 0.5) is 33.3 Å². The summed E-state index contributed by atoms with van der Waals surface area (Å²) in [5.41, 5.74) is -4.29. The van der Waals surface area contributed by atoms with E-state index in [1.807, 2.05) is 0 Å². The molecule has 0 aliphatic heterocycles. The number of aromatic amines is 1. The zero-order chi connectivity index (χ0) is 32.9. The summed E-state index contributed by atoms with van der Waals surface area (Å²) in [6.45, 7) is 3.20. The highest BCUT2D eigenvalue weighted by atomic mass is 19.2. The van der Waals surface area contributed by atoms with Crippen LogP contribution in [0.3, 0.4) is 0 Å². The third kappa shape index (κ3) is 8.17. The molecular formula is C25H23F5N6O8. The zero-order valence-electron chi connectivity index (χ0n) is 22.4. The van der Waals surface area contributed by atoms with Gasteiger partial charge in [-0.3, -0.25) is 34.8 Å². The number of H-pyrrole nitrogens is 1. The van der Waals surface area contributed by atoms with Crippen molar-refractivity contribution in [3.05, 3.63) is 139 Å². The van der Waals surface area contributed by atoms with Crippen LogP contribution in [0, 0.1) is 63.2 Å². The van der Waals surface area contributed by atoms with Gasteiger partial charge in [0.05, 0.1) is 27.7 Å². The standard InChI is InChI=1S/C12H9F2N3O4.C6H2F3NO2.C6H8N2O2.CH4/c1-6-3-11(18)16(12(19)15(6)2)9-4-8(14)10(17(20)21)5-7(9)13;7-3-1-5(9)6(10(11)12)2-4(3)8;1-4-3-5(9)7-6(10)8(4)2;/h3-5H,1-2H3;1-2H;3H,1-2H3,(H,7,9,10);1H4. The van der Waals surface area contributed by atoms with Gasteiger partial charge in [0.1, 0.15) is 0 Å². The fourth-order valence-corrected chi connectivity index (χ4v) is 3.12. The van der Waals surface area contributed by atoms with Crippen molar-refractivity contribution in [3.63, 3.8) is 0 Å². The van der Waals surface area contributed by atoms with Gasteiger partial charge in [0, 0.05) is 49.7 Å². The number of aryl methyl sites for hydroxylation is 2. The number of nitro benzene ring substituents is 2. The number of hydrogen-bond acceptors (Lipinski definition) is 8. The number of aromatic nitrogens is 4. The Morgan fingerprint density at radius 1 is 0.659 bits per heavy atom. The van der Waals surface area contributed by atoms with Crippen molar-refractivity contribution < 1.29 is 31.8 Å². The Bertz CT molecular complexity index is 1980. The molecule has 2 aromatic carbocycles. The predicted molar refractivity (Wildman–Crippen MR) is 145 cm³/mol. The van der Waals surface area contributed by atoms with Gasteiger partial charge in [-0.1, -0.05) is 7.43 Å². The Morgan fingerprint density at radius 3 is 1.61 bits per heavy atom. The van der Waals surface area contributed by atoms with Crippen LogP contribution < -0.4 is 22.5 Å². The number of rotatable bonds is 3. The van der Waals surface area contributed by atoms with E-state index in [0.29, 0.717) is 28.1 Å². The lowest BCUT2D eigenvalue weighted by Crippen LogP contribution is -2.38. The Balaban J connectivity index is 0.000000358. The first-order chi connectivity index (χ1) is 19.9. The van der Waals surface area contributed by atoms with Gasteiger partial charge in [-0.25, -0.2) is 27.3 Å². The molecule has 44 heavy (non-hydrogen) atoms. The molecule has 2 heterocycles. The number of benzene rings is 2. The minimum atomic E-state index is -1.45. The summed E-state index contributed by atoms with van der Waals surface area (Å²) in [6, 6.07) is 3.56. The lowest BCUT2D eigenvalue weighted by atomic mass is 10.2. The first-order valence-electron chi connectivity index (χ1n) is 11.4. The number of nitrogens with zero attached hydrogens (tertiary/aromatic N) is 5. The lowest BCUT2D eigenvalue weighted by molar-refractivity contribution is -0.387. The van der Waals surface area contributed by atoms with Crippen LogP contribution in [0.15, 0.2) is 55.6 Å². The fourth-order valence-electron chi connectivity index (χ4n) is 3.12. The molecule has 4 rings (SSSR count). The average molecular weight is 630 g/mol. The topological polar surface area (TPSA) is 185 Å². The summed E-state index contributed by atoms with van der Waals surface area (Å²) < 4.78 is 67.2. The third-order valence-electron chi connectivity index (χ3n) is 5.60. The van der Waals surface area contributed by atoms with Crippen molar-refractivity contribution in [3.8, 4) is 5.69 Å². The van der Waals surface area contributed by atoms with Gasteiger partial charge in [0.25, 0.3) is 11.1 Å². The van der Waals surface area contributed by atoms with Crippen LogP contribution in [-0.2, 0) is 14.1 Å². The van der Waals surface area contributed by atoms with Crippen molar-refractivity contribution >= 4 is 11.4 Å². The monoisotopic (exact) mass is 630 g/mol. The molecule has 0 unspecified atom stereocenters. The van der Waals surface area contributed by atoms with E-state index in [-0.39, 0.29) is 30.8 Å². The largest absolute Gasteiger partial charge is 0.335 e. The van der Waals surface area contributed by atoms with Crippen molar-refractivity contribution in [2.45, 2.75) is 21.3 Å². The minimum absolute atomic E-state index is 0. The van der Waals surface area contributed by atoms with Crippen molar-refractivity contribution in [2.75, 3.05) is 0 Å². The van der Waals surface area contributed by atoms with Gasteiger partial charge < -0.3 is 9.13 Å². The molecule has 0 spiro atoms. The van der Waals surface area contributed by atoms with Crippen LogP contribution in [0.5, 0.6) is 0 Å². The van der Waals surface area contributed by atoms with Crippen LogP contribution in [0.25, 0.3) is 5.69 Å². The molecule has 0 aliphatic rings. The van der Waals surface area contributed by atoms with E-state index >= 15 is 0 Å². The maximum Gasteiger partial charge on any atom is 0.335 e. The SMILES string of the molecule is C.Cc1cc(=O)[nH]c(=O)n1C.Cc1cc(=O)n(-c2cc(F)c([N+](=O)[O-])cc2F)c(=O)n1C.O=[N+]([O-])c1cc(F)c(F)cc1F. The summed E-state index contributed by atoms with van der Waals surface area (Å²) >= 11 is 0. The smallest absolute Gasteiger partial charge is 0.301 e. The van der Waals surface area contributed by atoms with Crippen LogP contribution >= 0.6 is 0 Å². The molecule has 236 valence electrons. The van der Waals surface area contributed by atoms with Crippen molar-refractivity contribution in [2.24, 2.45) is 14.1 Å². The molecule has 0 saturated carbocycles. The van der Waals surface area contributed by atoms with E-state index in [0.717, 1.165) is 10.6 Å². The molecule has 19 heteroatoms. The molecule has 0 saturated heterocycles. The maximum absolute atomic E-state index is 13.9. The van der Waals surface area contributed by atoms with Gasteiger partial charge >= 0.3 is 22.8 Å². The van der Waals surface area contributed by atoms with Crippen LogP contribution in [-0.4, -0.2) is 28.5 Å². The highest BCUT2D eigenvalue weighted by Gasteiger charge is 2.22. The number of nitro groups is 2. The molecule has 0 bridgehead atoms. The molecule has 0 fully saturated rings. The summed E-state index contributed by atoms with van der Waals surface area (Å²) in [7, 11) is 2.96. The van der Waals surface area contributed by atoms with Gasteiger partial charge in [-0.2, -0.15) is 8.78 Å². The minimum Gasteiger partial charge on any atom is -0.301 e. The molecule has 1 N–H and O–H groups in total. The van der Waals surface area contributed by atoms with E-state index in [1.165, 1.54) is 24.6 Å². The Labute approximate surface area is 242 Å². The van der Waals surface area contributed by atoms with Gasteiger partial charge in [0.2, 0.25) is 11.6 Å². The molecule has 0 amide bonds. The summed E-state index contributed by atoms with van der Waals surface area (Å²) in [6.07, 6.45) is 0. The van der Waals surface area contributed by atoms with E-state index < -0.39 is 67.2 Å². The second kappa shape index (κ2) is 14.4. The van der Waals surface area contributed by atoms with Gasteiger partial charge in [-0.15, -0.1) is 0 Å². The summed E-state index contributed by atoms with van der Waals surface area (Å²) in [5.74, 6) is -6.86. The number of nitrogens with one attached hydrogen (secondary N) is 1. The number of hydrogen-bond donors (Lipinski definition) is 1. The Kier molecular flexibility index (Phi) is 11.9. The second-order valence-corrected chi connectivity index (χ2v) is 8.43. The fraction of sp³-hybridized carbons (Fsp3) is 0.200. The van der Waals surface area contributed by atoms with E-state index in [1.54, 1.807) is 14.0 Å². The molecule has 0 atom stereocenters. The maximum atomic E-state index is 13.9. The van der Waals surface area contributed by atoms with Crippen molar-refractivity contribution in [1.29, 1.82) is 0 Å². The lowest BCUT2D eigenvalue weighted by Gasteiger charge is -2.10. The highest BCUT2D eigenvalue weighted by molar-refractivity contribution is 5.44. The quantitative estimate of drug-likeness (QED) is 0.155. The predicted octanol–water partition coefficient (Wildman–Crippen LogP) is 3.06. The van der Waals surface area contributed by atoms with E-state index in [4.69, 9.17) is 0 Å². The van der Waals surface area contributed by atoms with Gasteiger partial charge in [-0.05, 0) is 13.8 Å². The molecular weight excluding hydrogens is 607 g/mol. The Hall–Kier alpha value is -5.75. The first-order valence-corrected chi connectivity index (χ1v) is 11.4. The van der Waals surface area contributed by atoms with Crippen LogP contribution in [0.2, 0.25) is 0 Å². The molecule has 14 nitrogen and oxygen atoms in total. The van der Waals surface area contributed by atoms with Crippen LogP contribution in [0.1, 0.15) is 18.8 Å². The van der Waals surface area contributed by atoms with E-state index in [9.17, 15) is 61.4 Å². The molecule has 0 aliphatic carbocycles. The highest BCUT2D eigenvalue weighted by Crippen LogP contribution is 2.23. The molecule has 2 aromatic heterocycles. The molecule has 4 aromatic rings. The molecule has 0 radical (unpaired) electrons. The zero-order valence-corrected chi connectivity index (χ0v) is 22.4. The second-order valence-electron chi connectivity index (χ2n) is 8.43. The third-order valence-corrected chi connectivity index (χ3v) is 5.60. The normalized spacial score (nSPS) is 10.0. The Morgan fingerprint density at radius 2 is 1.11 bits per heavy atom. The number of halogens is 5.